The summed E-state index contributed by atoms with van der Waals surface area (Å²) in [6.07, 6.45) is 6.22. The largest absolute Gasteiger partial charge is 0.435 e. The van der Waals surface area contributed by atoms with Gasteiger partial charge in [-0.2, -0.15) is 0 Å². The van der Waals surface area contributed by atoms with Crippen LogP contribution in [0.1, 0.15) is 79.1 Å². The molecule has 8 atom stereocenters. The molecule has 0 unspecified atom stereocenters. The Bertz CT molecular complexity index is 567. The average Bonchev–Trinajstić information content (AvgIpc) is 2.86. The minimum atomic E-state index is -0.798. The third-order valence-corrected chi connectivity index (χ3v) is 7.33. The number of unbranched alkanes of at least 4 members (excludes halogenated alkanes) is 2. The second kappa shape index (κ2) is 7.29. The number of ether oxygens (including phenoxy) is 3. The van der Waals surface area contributed by atoms with Gasteiger partial charge in [-0.05, 0) is 44.4 Å². The molecule has 5 rings (SSSR count). The van der Waals surface area contributed by atoms with Gasteiger partial charge in [-0.1, -0.05) is 33.6 Å². The Morgan fingerprint density at radius 1 is 1.11 bits per heavy atom. The van der Waals surface area contributed by atoms with Gasteiger partial charge in [-0.3, -0.25) is 4.79 Å². The van der Waals surface area contributed by atoms with E-state index in [1.54, 1.807) is 0 Å². The molecule has 6 heteroatoms. The number of rotatable bonds is 5. The van der Waals surface area contributed by atoms with Gasteiger partial charge < -0.3 is 14.2 Å². The van der Waals surface area contributed by atoms with E-state index < -0.39 is 24.0 Å². The molecule has 0 aromatic rings. The number of hydrogen-bond acceptors (Lipinski definition) is 6. The molecule has 0 aromatic carbocycles. The molecule has 27 heavy (non-hydrogen) atoms. The van der Waals surface area contributed by atoms with Gasteiger partial charge in [0, 0.05) is 24.7 Å². The average molecular weight is 382 g/mol. The van der Waals surface area contributed by atoms with Crippen LogP contribution >= 0.6 is 0 Å². The fraction of sp³-hybridized carbons (Fsp3) is 0.952. The Balaban J connectivity index is 1.56. The lowest BCUT2D eigenvalue weighted by atomic mass is 9.58. The van der Waals surface area contributed by atoms with Gasteiger partial charge in [0.2, 0.25) is 12.1 Å². The number of fused-ring (bicyclic) bond motifs is 2. The zero-order chi connectivity index (χ0) is 19.2. The zero-order valence-electron chi connectivity index (χ0n) is 17.1. The van der Waals surface area contributed by atoms with E-state index in [1.165, 1.54) is 0 Å². The minimum Gasteiger partial charge on any atom is -0.435 e. The Morgan fingerprint density at radius 2 is 1.93 bits per heavy atom. The van der Waals surface area contributed by atoms with Crippen LogP contribution in [0.3, 0.4) is 0 Å². The van der Waals surface area contributed by atoms with Crippen LogP contribution in [0.4, 0.5) is 0 Å². The standard InChI is InChI=1S/C21H34O6/c1-5-6-7-8-17(22)23-18-14(3)16-10-9-13(2)15-11-12-20(4)25-19(24-18)21(15,16)27-26-20/h13-16,18-19H,5-12H2,1-4H3/t13-,14-,15+,16+,18-,19-,20-,21-/m1/s1. The van der Waals surface area contributed by atoms with Crippen LogP contribution in [0, 0.1) is 23.7 Å². The first-order valence-electron chi connectivity index (χ1n) is 10.8. The van der Waals surface area contributed by atoms with Crippen molar-refractivity contribution in [1.82, 2.24) is 0 Å². The van der Waals surface area contributed by atoms with Crippen LogP contribution in [0.25, 0.3) is 0 Å². The Hall–Kier alpha value is -0.690. The van der Waals surface area contributed by atoms with Crippen molar-refractivity contribution in [3.63, 3.8) is 0 Å². The summed E-state index contributed by atoms with van der Waals surface area (Å²) in [5.41, 5.74) is -0.599. The first kappa shape index (κ1) is 19.6. The summed E-state index contributed by atoms with van der Waals surface area (Å²) in [7, 11) is 0. The summed E-state index contributed by atoms with van der Waals surface area (Å²) in [6, 6.07) is 0. The highest BCUT2D eigenvalue weighted by Crippen LogP contribution is 2.60. The van der Waals surface area contributed by atoms with Crippen LogP contribution in [0.2, 0.25) is 0 Å². The van der Waals surface area contributed by atoms with Gasteiger partial charge in [-0.25, -0.2) is 9.78 Å². The molecule has 4 aliphatic heterocycles. The summed E-state index contributed by atoms with van der Waals surface area (Å²) >= 11 is 0. The molecule has 5 fully saturated rings. The molecular formula is C21H34O6. The zero-order valence-corrected chi connectivity index (χ0v) is 17.1. The van der Waals surface area contributed by atoms with Crippen molar-refractivity contribution in [2.75, 3.05) is 0 Å². The summed E-state index contributed by atoms with van der Waals surface area (Å²) in [6.45, 7) is 8.43. The third kappa shape index (κ3) is 3.22. The molecule has 6 nitrogen and oxygen atoms in total. The lowest BCUT2D eigenvalue weighted by Crippen LogP contribution is -2.70. The van der Waals surface area contributed by atoms with Crippen LogP contribution in [0.15, 0.2) is 0 Å². The van der Waals surface area contributed by atoms with E-state index in [4.69, 9.17) is 24.0 Å². The molecule has 1 saturated carbocycles. The van der Waals surface area contributed by atoms with Crippen molar-refractivity contribution in [3.05, 3.63) is 0 Å². The number of esters is 1. The summed E-state index contributed by atoms with van der Waals surface area (Å²) < 4.78 is 18.3. The molecule has 0 radical (unpaired) electrons. The topological polar surface area (TPSA) is 63.2 Å². The molecule has 0 aromatic heterocycles. The van der Waals surface area contributed by atoms with Gasteiger partial charge in [0.05, 0.1) is 0 Å². The highest BCUT2D eigenvalue weighted by Gasteiger charge is 2.69. The van der Waals surface area contributed by atoms with Crippen LogP contribution in [0.5, 0.6) is 0 Å². The molecule has 1 aliphatic carbocycles. The predicted molar refractivity (Wildman–Crippen MR) is 97.1 cm³/mol. The van der Waals surface area contributed by atoms with Crippen LogP contribution in [-0.2, 0) is 28.8 Å². The maximum absolute atomic E-state index is 12.3. The maximum Gasteiger partial charge on any atom is 0.308 e. The SMILES string of the molecule is CCCCCC(=O)O[C@@H]1O[C@@H]2O[C@@]3(C)CC[C@H]4[C@H](C)CC[C@@H]([C@H]1C)[C@@]24OO3. The summed E-state index contributed by atoms with van der Waals surface area (Å²) in [5, 5.41) is 0. The van der Waals surface area contributed by atoms with Gasteiger partial charge in [0.15, 0.2) is 11.9 Å². The molecular weight excluding hydrogens is 348 g/mol. The Morgan fingerprint density at radius 3 is 2.70 bits per heavy atom. The lowest BCUT2D eigenvalue weighted by Gasteiger charge is -2.59. The molecule has 154 valence electrons. The Labute approximate surface area is 162 Å². The fourth-order valence-electron chi connectivity index (χ4n) is 5.71. The molecule has 1 spiro atoms. The maximum atomic E-state index is 12.3. The van der Waals surface area contributed by atoms with E-state index in [0.717, 1.165) is 44.9 Å². The van der Waals surface area contributed by atoms with E-state index in [0.29, 0.717) is 18.3 Å². The van der Waals surface area contributed by atoms with E-state index in [-0.39, 0.29) is 17.8 Å². The van der Waals surface area contributed by atoms with Gasteiger partial charge in [-0.15, -0.1) is 0 Å². The van der Waals surface area contributed by atoms with Crippen molar-refractivity contribution >= 4 is 5.97 Å². The quantitative estimate of drug-likeness (QED) is 0.401. The normalized spacial score (nSPS) is 48.6. The Kier molecular flexibility index (Phi) is 5.29. The number of hydrogen-bond donors (Lipinski definition) is 0. The number of carbonyl (C=O) groups excluding carboxylic acids is 1. The molecule has 5 aliphatic rings. The number of carbonyl (C=O) groups is 1. The molecule has 2 bridgehead atoms. The van der Waals surface area contributed by atoms with Crippen molar-refractivity contribution < 1.29 is 28.8 Å². The van der Waals surface area contributed by atoms with Gasteiger partial charge in [0.1, 0.15) is 0 Å². The first-order valence-corrected chi connectivity index (χ1v) is 10.8. The van der Waals surface area contributed by atoms with Crippen LogP contribution in [-0.4, -0.2) is 29.9 Å². The van der Waals surface area contributed by atoms with E-state index in [9.17, 15) is 4.79 Å². The fourth-order valence-corrected chi connectivity index (χ4v) is 5.71. The van der Waals surface area contributed by atoms with Gasteiger partial charge in [0.25, 0.3) is 0 Å². The first-order chi connectivity index (χ1) is 12.9. The van der Waals surface area contributed by atoms with E-state index in [2.05, 4.69) is 20.8 Å². The summed E-state index contributed by atoms with van der Waals surface area (Å²) in [4.78, 5) is 24.2. The lowest BCUT2D eigenvalue weighted by molar-refractivity contribution is -0.576. The second-order valence-corrected chi connectivity index (χ2v) is 9.22. The van der Waals surface area contributed by atoms with Crippen molar-refractivity contribution in [2.24, 2.45) is 23.7 Å². The molecule has 0 N–H and O–H groups in total. The predicted octanol–water partition coefficient (Wildman–Crippen LogP) is 4.32. The van der Waals surface area contributed by atoms with E-state index in [1.807, 2.05) is 6.92 Å². The summed E-state index contributed by atoms with van der Waals surface area (Å²) in [5.74, 6) is 0.108. The highest BCUT2D eigenvalue weighted by atomic mass is 17.3. The second-order valence-electron chi connectivity index (χ2n) is 9.22. The van der Waals surface area contributed by atoms with E-state index >= 15 is 0 Å². The molecule has 4 saturated heterocycles. The monoisotopic (exact) mass is 382 g/mol. The third-order valence-electron chi connectivity index (χ3n) is 7.33. The van der Waals surface area contributed by atoms with Gasteiger partial charge >= 0.3 is 5.97 Å². The highest BCUT2D eigenvalue weighted by molar-refractivity contribution is 5.69. The van der Waals surface area contributed by atoms with Crippen molar-refractivity contribution in [3.8, 4) is 0 Å². The smallest absolute Gasteiger partial charge is 0.308 e. The minimum absolute atomic E-state index is 0.0426. The van der Waals surface area contributed by atoms with Crippen molar-refractivity contribution in [2.45, 2.75) is 103 Å². The molecule has 4 heterocycles. The van der Waals surface area contributed by atoms with Crippen LogP contribution < -0.4 is 0 Å². The molecule has 0 amide bonds. The van der Waals surface area contributed by atoms with Crippen molar-refractivity contribution in [1.29, 1.82) is 0 Å².